The number of rotatable bonds is 4. The Hall–Kier alpha value is -2.83. The summed E-state index contributed by atoms with van der Waals surface area (Å²) in [5, 5.41) is 8.49. The lowest BCUT2D eigenvalue weighted by molar-refractivity contribution is -0.137. The summed E-state index contributed by atoms with van der Waals surface area (Å²) >= 11 is 0. The van der Waals surface area contributed by atoms with Gasteiger partial charge in [-0.3, -0.25) is 0 Å². The molecular formula is C15H10F3NO3. The summed E-state index contributed by atoms with van der Waals surface area (Å²) in [6, 6.07) is 7.41. The Morgan fingerprint density at radius 1 is 1.23 bits per heavy atom. The molecule has 0 saturated heterocycles. The van der Waals surface area contributed by atoms with Crippen LogP contribution in [0.3, 0.4) is 0 Å². The van der Waals surface area contributed by atoms with Crippen LogP contribution in [0.15, 0.2) is 48.7 Å². The summed E-state index contributed by atoms with van der Waals surface area (Å²) in [6.45, 7) is 0. The molecule has 0 bridgehead atoms. The Bertz CT molecular complexity index is 694. The molecule has 0 aliphatic heterocycles. The Morgan fingerprint density at radius 2 is 2.00 bits per heavy atom. The van der Waals surface area contributed by atoms with E-state index in [1.54, 1.807) is 0 Å². The van der Waals surface area contributed by atoms with Gasteiger partial charge in [0.15, 0.2) is 0 Å². The van der Waals surface area contributed by atoms with Crippen molar-refractivity contribution in [3.8, 4) is 11.6 Å². The normalized spacial score (nSPS) is 11.6. The molecule has 2 aromatic rings. The maximum absolute atomic E-state index is 12.6. The van der Waals surface area contributed by atoms with Crippen LogP contribution in [-0.4, -0.2) is 16.1 Å². The minimum absolute atomic E-state index is 0.0103. The highest BCUT2D eigenvalue weighted by molar-refractivity contribution is 5.85. The van der Waals surface area contributed by atoms with Gasteiger partial charge < -0.3 is 9.84 Å². The zero-order valence-electron chi connectivity index (χ0n) is 11.0. The molecular weight excluding hydrogens is 299 g/mol. The van der Waals surface area contributed by atoms with Crippen LogP contribution < -0.4 is 4.74 Å². The smallest absolute Gasteiger partial charge is 0.416 e. The highest BCUT2D eigenvalue weighted by atomic mass is 19.4. The first-order valence-corrected chi connectivity index (χ1v) is 6.07. The van der Waals surface area contributed by atoms with Crippen LogP contribution in [-0.2, 0) is 11.0 Å². The summed E-state index contributed by atoms with van der Waals surface area (Å²) in [6.07, 6.45) is -0.811. The summed E-state index contributed by atoms with van der Waals surface area (Å²) in [5.74, 6) is -0.979. The predicted octanol–water partition coefficient (Wildman–Crippen LogP) is 3.99. The molecule has 0 aliphatic rings. The van der Waals surface area contributed by atoms with Gasteiger partial charge in [0.1, 0.15) is 5.75 Å². The number of hydrogen-bond donors (Lipinski definition) is 1. The van der Waals surface area contributed by atoms with Gasteiger partial charge in [-0.2, -0.15) is 13.2 Å². The molecule has 2 rings (SSSR count). The number of halogens is 3. The van der Waals surface area contributed by atoms with Crippen molar-refractivity contribution in [2.45, 2.75) is 6.18 Å². The lowest BCUT2D eigenvalue weighted by Gasteiger charge is -2.09. The summed E-state index contributed by atoms with van der Waals surface area (Å²) < 4.78 is 43.0. The molecule has 1 heterocycles. The fraction of sp³-hybridized carbons (Fsp3) is 0.0667. The van der Waals surface area contributed by atoms with Crippen molar-refractivity contribution in [2.75, 3.05) is 0 Å². The van der Waals surface area contributed by atoms with E-state index in [0.29, 0.717) is 5.56 Å². The summed E-state index contributed by atoms with van der Waals surface area (Å²) in [5.41, 5.74) is -0.287. The minimum Gasteiger partial charge on any atom is -0.478 e. The van der Waals surface area contributed by atoms with Crippen molar-refractivity contribution >= 4 is 12.0 Å². The van der Waals surface area contributed by atoms with Crippen molar-refractivity contribution in [1.82, 2.24) is 4.98 Å². The third kappa shape index (κ3) is 4.34. The highest BCUT2D eigenvalue weighted by Gasteiger charge is 2.30. The first-order chi connectivity index (χ1) is 10.3. The van der Waals surface area contributed by atoms with Crippen LogP contribution in [0.2, 0.25) is 0 Å². The van der Waals surface area contributed by atoms with E-state index in [-0.39, 0.29) is 11.6 Å². The number of hydrogen-bond acceptors (Lipinski definition) is 3. The molecule has 1 N–H and O–H groups in total. The van der Waals surface area contributed by atoms with Crippen LogP contribution in [0.4, 0.5) is 13.2 Å². The number of carbonyl (C=O) groups is 1. The van der Waals surface area contributed by atoms with Gasteiger partial charge in [-0.15, -0.1) is 0 Å². The van der Waals surface area contributed by atoms with Gasteiger partial charge in [0.25, 0.3) is 0 Å². The van der Waals surface area contributed by atoms with Gasteiger partial charge in [-0.25, -0.2) is 9.78 Å². The van der Waals surface area contributed by atoms with Crippen LogP contribution in [0.5, 0.6) is 11.6 Å². The largest absolute Gasteiger partial charge is 0.478 e. The van der Waals surface area contributed by atoms with Crippen molar-refractivity contribution in [3.63, 3.8) is 0 Å². The maximum atomic E-state index is 12.6. The molecule has 1 aromatic carbocycles. The van der Waals surface area contributed by atoms with Crippen molar-refractivity contribution < 1.29 is 27.8 Å². The molecule has 0 saturated carbocycles. The zero-order valence-corrected chi connectivity index (χ0v) is 11.0. The van der Waals surface area contributed by atoms with Gasteiger partial charge in [0.05, 0.1) is 5.56 Å². The van der Waals surface area contributed by atoms with E-state index < -0.39 is 17.7 Å². The number of pyridine rings is 1. The van der Waals surface area contributed by atoms with Gasteiger partial charge in [-0.1, -0.05) is 6.07 Å². The van der Waals surface area contributed by atoms with E-state index in [2.05, 4.69) is 4.98 Å². The van der Waals surface area contributed by atoms with E-state index in [4.69, 9.17) is 9.84 Å². The second-order valence-corrected chi connectivity index (χ2v) is 4.23. The zero-order chi connectivity index (χ0) is 16.2. The first-order valence-electron chi connectivity index (χ1n) is 6.07. The number of aliphatic carboxylic acids is 1. The topological polar surface area (TPSA) is 59.4 Å². The molecule has 114 valence electrons. The summed E-state index contributed by atoms with van der Waals surface area (Å²) in [7, 11) is 0. The van der Waals surface area contributed by atoms with Crippen LogP contribution >= 0.6 is 0 Å². The predicted molar refractivity (Wildman–Crippen MR) is 72.4 cm³/mol. The lowest BCUT2D eigenvalue weighted by Crippen LogP contribution is -2.04. The van der Waals surface area contributed by atoms with Crippen LogP contribution in [0, 0.1) is 0 Å². The van der Waals surface area contributed by atoms with E-state index >= 15 is 0 Å². The maximum Gasteiger partial charge on any atom is 0.416 e. The molecule has 0 atom stereocenters. The third-order valence-electron chi connectivity index (χ3n) is 2.56. The van der Waals surface area contributed by atoms with Crippen molar-refractivity contribution in [3.05, 3.63) is 59.8 Å². The highest BCUT2D eigenvalue weighted by Crippen LogP contribution is 2.32. The molecule has 4 nitrogen and oxygen atoms in total. The molecule has 0 amide bonds. The Balaban J connectivity index is 2.13. The SMILES string of the molecule is O=C(O)C=Cc1ccc(Oc2cccc(C(F)(F)F)c2)nc1. The molecule has 0 aliphatic carbocycles. The minimum atomic E-state index is -4.45. The van der Waals surface area contributed by atoms with Crippen molar-refractivity contribution in [1.29, 1.82) is 0 Å². The third-order valence-corrected chi connectivity index (χ3v) is 2.56. The second kappa shape index (κ2) is 6.30. The number of nitrogens with zero attached hydrogens (tertiary/aromatic N) is 1. The number of alkyl halides is 3. The molecule has 0 spiro atoms. The lowest BCUT2D eigenvalue weighted by atomic mass is 10.2. The molecule has 22 heavy (non-hydrogen) atoms. The summed E-state index contributed by atoms with van der Waals surface area (Å²) in [4.78, 5) is 14.3. The van der Waals surface area contributed by atoms with Gasteiger partial charge in [0, 0.05) is 18.3 Å². The molecule has 0 radical (unpaired) electrons. The molecule has 0 unspecified atom stereocenters. The first kappa shape index (κ1) is 15.6. The quantitative estimate of drug-likeness (QED) is 0.868. The number of carboxylic acid groups (broad SMARTS) is 1. The Morgan fingerprint density at radius 3 is 2.59 bits per heavy atom. The van der Waals surface area contributed by atoms with Gasteiger partial charge in [0.2, 0.25) is 5.88 Å². The monoisotopic (exact) mass is 309 g/mol. The average molecular weight is 309 g/mol. The number of benzene rings is 1. The van der Waals surface area contributed by atoms with Gasteiger partial charge in [-0.05, 0) is 35.9 Å². The van der Waals surface area contributed by atoms with Crippen LogP contribution in [0.1, 0.15) is 11.1 Å². The number of carboxylic acids is 1. The van der Waals surface area contributed by atoms with Crippen molar-refractivity contribution in [2.24, 2.45) is 0 Å². The molecule has 7 heteroatoms. The van der Waals surface area contributed by atoms with Gasteiger partial charge >= 0.3 is 12.1 Å². The number of aromatic nitrogens is 1. The standard InChI is InChI=1S/C15H10F3NO3/c16-15(17,18)11-2-1-3-12(8-11)22-13-6-4-10(9-19-13)5-7-14(20)21/h1-9H,(H,20,21). The average Bonchev–Trinajstić information content (AvgIpc) is 2.46. The van der Waals surface area contributed by atoms with Crippen LogP contribution in [0.25, 0.3) is 6.08 Å². The Labute approximate surface area is 123 Å². The number of ether oxygens (including phenoxy) is 1. The second-order valence-electron chi connectivity index (χ2n) is 4.23. The van der Waals surface area contributed by atoms with E-state index in [1.807, 2.05) is 0 Å². The fourth-order valence-corrected chi connectivity index (χ4v) is 1.57. The molecule has 0 fully saturated rings. The van der Waals surface area contributed by atoms with E-state index in [1.165, 1.54) is 36.5 Å². The fourth-order valence-electron chi connectivity index (χ4n) is 1.57. The van der Waals surface area contributed by atoms with E-state index in [9.17, 15) is 18.0 Å². The van der Waals surface area contributed by atoms with E-state index in [0.717, 1.165) is 18.2 Å². The Kier molecular flexibility index (Phi) is 4.45. The molecule has 1 aromatic heterocycles.